The molecular weight excluding hydrogens is 292 g/mol. The van der Waals surface area contributed by atoms with Crippen LogP contribution in [0.5, 0.6) is 0 Å². The van der Waals surface area contributed by atoms with Gasteiger partial charge in [-0.3, -0.25) is 10.3 Å². The molecule has 7 nitrogen and oxygen atoms in total. The Balaban J connectivity index is 1.97. The second-order valence-electron chi connectivity index (χ2n) is 4.55. The molecule has 0 aliphatic carbocycles. The third kappa shape index (κ3) is 3.12. The molecule has 0 fully saturated rings. The van der Waals surface area contributed by atoms with Gasteiger partial charge >= 0.3 is 0 Å². The van der Waals surface area contributed by atoms with Crippen LogP contribution in [0.4, 0.5) is 5.69 Å². The standard InChI is InChI=1S/C16H14N6O/c1-23-21-14-6-3-9-18-16(14)22-19-11-15(20-22)13-5-2-4-12(10-13)7-8-17/h2-6,9-11,21H,17H2,1H3. The zero-order chi connectivity index (χ0) is 16.1. The molecule has 0 amide bonds. The fourth-order valence-corrected chi connectivity index (χ4v) is 2.08. The second kappa shape index (κ2) is 6.60. The van der Waals surface area contributed by atoms with Crippen molar-refractivity contribution in [2.45, 2.75) is 0 Å². The molecule has 3 aromatic rings. The first-order chi connectivity index (χ1) is 11.3. The Labute approximate surface area is 133 Å². The lowest BCUT2D eigenvalue weighted by atomic mass is 10.1. The first kappa shape index (κ1) is 14.6. The molecule has 0 radical (unpaired) electrons. The van der Waals surface area contributed by atoms with Gasteiger partial charge < -0.3 is 5.73 Å². The third-order valence-corrected chi connectivity index (χ3v) is 3.05. The van der Waals surface area contributed by atoms with Crippen LogP contribution in [0.3, 0.4) is 0 Å². The van der Waals surface area contributed by atoms with Crippen LogP contribution in [0.1, 0.15) is 5.56 Å². The van der Waals surface area contributed by atoms with Gasteiger partial charge in [-0.2, -0.15) is 5.10 Å². The monoisotopic (exact) mass is 306 g/mol. The van der Waals surface area contributed by atoms with Crippen molar-refractivity contribution in [2.75, 3.05) is 12.6 Å². The van der Waals surface area contributed by atoms with Gasteiger partial charge in [0.25, 0.3) is 0 Å². The van der Waals surface area contributed by atoms with Gasteiger partial charge in [0.1, 0.15) is 11.4 Å². The smallest absolute Gasteiger partial charge is 0.200 e. The van der Waals surface area contributed by atoms with Crippen molar-refractivity contribution < 1.29 is 4.84 Å². The number of hydrogen-bond acceptors (Lipinski definition) is 6. The van der Waals surface area contributed by atoms with Gasteiger partial charge in [0.05, 0.1) is 13.3 Å². The molecule has 0 saturated heterocycles. The highest BCUT2D eigenvalue weighted by atomic mass is 16.6. The van der Waals surface area contributed by atoms with Crippen molar-refractivity contribution in [1.82, 2.24) is 20.0 Å². The fourth-order valence-electron chi connectivity index (χ4n) is 2.08. The molecule has 0 saturated carbocycles. The minimum atomic E-state index is 0.540. The van der Waals surface area contributed by atoms with Gasteiger partial charge in [-0.05, 0) is 30.2 Å². The van der Waals surface area contributed by atoms with Crippen molar-refractivity contribution >= 4 is 5.69 Å². The summed E-state index contributed by atoms with van der Waals surface area (Å²) in [6, 6.07) is 13.6. The molecule has 0 aliphatic rings. The number of aromatic nitrogens is 4. The van der Waals surface area contributed by atoms with E-state index < -0.39 is 0 Å². The van der Waals surface area contributed by atoms with E-state index in [4.69, 9.17) is 10.6 Å². The van der Waals surface area contributed by atoms with E-state index in [0.717, 1.165) is 11.1 Å². The van der Waals surface area contributed by atoms with Crippen molar-refractivity contribution in [3.05, 3.63) is 54.4 Å². The molecule has 2 aromatic heterocycles. The quantitative estimate of drug-likeness (QED) is 0.432. The maximum atomic E-state index is 5.25. The minimum absolute atomic E-state index is 0.540. The highest BCUT2D eigenvalue weighted by Crippen LogP contribution is 2.20. The molecular formula is C16H14N6O. The number of benzene rings is 1. The van der Waals surface area contributed by atoms with Gasteiger partial charge in [0.2, 0.25) is 0 Å². The molecule has 1 aromatic carbocycles. The summed E-state index contributed by atoms with van der Waals surface area (Å²) in [5.74, 6) is 3.36. The summed E-state index contributed by atoms with van der Waals surface area (Å²) in [6.45, 7) is 0. The molecule has 0 spiro atoms. The zero-order valence-corrected chi connectivity index (χ0v) is 12.4. The molecule has 0 bridgehead atoms. The highest BCUT2D eigenvalue weighted by molar-refractivity contribution is 5.61. The van der Waals surface area contributed by atoms with Gasteiger partial charge in [-0.1, -0.05) is 12.1 Å². The molecule has 7 heteroatoms. The summed E-state index contributed by atoms with van der Waals surface area (Å²) in [6.07, 6.45) is 3.33. The molecule has 3 N–H and O–H groups in total. The summed E-state index contributed by atoms with van der Waals surface area (Å²) < 4.78 is 0. The third-order valence-electron chi connectivity index (χ3n) is 3.05. The highest BCUT2D eigenvalue weighted by Gasteiger charge is 2.10. The maximum absolute atomic E-state index is 5.25. The average molecular weight is 306 g/mol. The number of nitrogens with zero attached hydrogens (tertiary/aromatic N) is 4. The topological polar surface area (TPSA) is 90.9 Å². The van der Waals surface area contributed by atoms with Crippen molar-refractivity contribution in [1.29, 1.82) is 0 Å². The summed E-state index contributed by atoms with van der Waals surface area (Å²) in [7, 11) is 1.53. The van der Waals surface area contributed by atoms with Gasteiger partial charge in [-0.15, -0.1) is 9.90 Å². The SMILES string of the molecule is CONc1cccnc1-n1ncc(-c2cccc(C#CN)c2)n1. The molecule has 0 aliphatic heterocycles. The number of hydrogen-bond donors (Lipinski definition) is 2. The van der Waals surface area contributed by atoms with Crippen LogP contribution in [-0.2, 0) is 4.84 Å². The Hall–Kier alpha value is -3.37. The van der Waals surface area contributed by atoms with Gasteiger partial charge in [-0.25, -0.2) is 4.98 Å². The Morgan fingerprint density at radius 1 is 1.26 bits per heavy atom. The van der Waals surface area contributed by atoms with Crippen LogP contribution in [0.15, 0.2) is 48.8 Å². The van der Waals surface area contributed by atoms with E-state index in [1.54, 1.807) is 18.5 Å². The van der Waals surface area contributed by atoms with Crippen molar-refractivity contribution in [2.24, 2.45) is 5.73 Å². The first-order valence-electron chi connectivity index (χ1n) is 6.80. The largest absolute Gasteiger partial charge is 0.359 e. The van der Waals surface area contributed by atoms with E-state index >= 15 is 0 Å². The first-order valence-corrected chi connectivity index (χ1v) is 6.80. The molecule has 0 atom stereocenters. The minimum Gasteiger partial charge on any atom is -0.359 e. The van der Waals surface area contributed by atoms with Crippen LogP contribution in [0, 0.1) is 12.0 Å². The lowest BCUT2D eigenvalue weighted by molar-refractivity contribution is 0.270. The summed E-state index contributed by atoms with van der Waals surface area (Å²) in [4.78, 5) is 10.7. The molecule has 3 rings (SSSR count). The van der Waals surface area contributed by atoms with E-state index in [0.29, 0.717) is 17.2 Å². The second-order valence-corrected chi connectivity index (χ2v) is 4.55. The van der Waals surface area contributed by atoms with Crippen molar-refractivity contribution in [3.8, 4) is 29.0 Å². The maximum Gasteiger partial charge on any atom is 0.200 e. The van der Waals surface area contributed by atoms with Crippen LogP contribution in [-0.4, -0.2) is 27.1 Å². The number of nitrogens with one attached hydrogen (secondary N) is 1. The van der Waals surface area contributed by atoms with Gasteiger partial charge in [0.15, 0.2) is 5.82 Å². The number of pyridine rings is 1. The van der Waals surface area contributed by atoms with E-state index in [-0.39, 0.29) is 0 Å². The molecule has 2 heterocycles. The van der Waals surface area contributed by atoms with E-state index in [1.165, 1.54) is 11.9 Å². The predicted molar refractivity (Wildman–Crippen MR) is 86.3 cm³/mol. The lowest BCUT2D eigenvalue weighted by Gasteiger charge is -2.07. The van der Waals surface area contributed by atoms with Crippen LogP contribution >= 0.6 is 0 Å². The number of anilines is 1. The summed E-state index contributed by atoms with van der Waals surface area (Å²) in [5.41, 5.74) is 11.1. The predicted octanol–water partition coefficient (Wildman–Crippen LogP) is 1.57. The van der Waals surface area contributed by atoms with Crippen LogP contribution in [0.25, 0.3) is 17.1 Å². The normalized spacial score (nSPS) is 9.96. The summed E-state index contributed by atoms with van der Waals surface area (Å²) >= 11 is 0. The average Bonchev–Trinajstić information content (AvgIpc) is 3.06. The number of nitrogens with two attached hydrogens (primary N) is 1. The number of rotatable bonds is 4. The van der Waals surface area contributed by atoms with E-state index in [1.807, 2.05) is 30.3 Å². The Morgan fingerprint density at radius 2 is 2.17 bits per heavy atom. The zero-order valence-electron chi connectivity index (χ0n) is 12.4. The Morgan fingerprint density at radius 3 is 3.00 bits per heavy atom. The van der Waals surface area contributed by atoms with Crippen LogP contribution in [0.2, 0.25) is 0 Å². The lowest BCUT2D eigenvalue weighted by Crippen LogP contribution is -2.07. The molecule has 23 heavy (non-hydrogen) atoms. The van der Waals surface area contributed by atoms with Crippen LogP contribution < -0.4 is 11.2 Å². The summed E-state index contributed by atoms with van der Waals surface area (Å²) in [5, 5.41) is 8.73. The van der Waals surface area contributed by atoms with Crippen molar-refractivity contribution in [3.63, 3.8) is 0 Å². The Bertz CT molecular complexity index is 877. The fraction of sp³-hybridized carbons (Fsp3) is 0.0625. The molecule has 114 valence electrons. The molecule has 0 unspecified atom stereocenters. The van der Waals surface area contributed by atoms with Gasteiger partial charge in [0, 0.05) is 23.4 Å². The van der Waals surface area contributed by atoms with E-state index in [2.05, 4.69) is 32.6 Å². The Kier molecular flexibility index (Phi) is 4.18. The van der Waals surface area contributed by atoms with E-state index in [9.17, 15) is 0 Å².